The summed E-state index contributed by atoms with van der Waals surface area (Å²) in [6.07, 6.45) is 1.76. The molecule has 2 N–H and O–H groups in total. The molecule has 1 aromatic carbocycles. The minimum Gasteiger partial charge on any atom is -0.314 e. The molecule has 0 spiro atoms. The summed E-state index contributed by atoms with van der Waals surface area (Å²) in [5.41, 5.74) is 2.37. The molecule has 0 amide bonds. The Morgan fingerprint density at radius 2 is 2.15 bits per heavy atom. The number of hydrogen-bond acceptors (Lipinski definition) is 4. The number of aromatic nitrogens is 3. The van der Waals surface area contributed by atoms with Gasteiger partial charge in [0.05, 0.1) is 11.2 Å². The van der Waals surface area contributed by atoms with Crippen LogP contribution in [-0.4, -0.2) is 22.0 Å². The van der Waals surface area contributed by atoms with E-state index in [0.29, 0.717) is 12.4 Å². The van der Waals surface area contributed by atoms with Crippen LogP contribution in [-0.2, 0) is 6.54 Å². The van der Waals surface area contributed by atoms with E-state index in [1.807, 2.05) is 37.4 Å². The molecule has 20 heavy (non-hydrogen) atoms. The number of nitrogens with zero attached hydrogens (tertiary/aromatic N) is 2. The van der Waals surface area contributed by atoms with Gasteiger partial charge in [-0.3, -0.25) is 9.78 Å². The highest BCUT2D eigenvalue weighted by atomic mass is 16.1. The first-order valence-electron chi connectivity index (χ1n) is 6.36. The fraction of sp³-hybridized carbons (Fsp3) is 0.133. The minimum atomic E-state index is -0.147. The van der Waals surface area contributed by atoms with Crippen LogP contribution in [0.1, 0.15) is 5.69 Å². The molecule has 2 heterocycles. The maximum atomic E-state index is 11.7. The lowest BCUT2D eigenvalue weighted by molar-refractivity contribution is 0.785. The van der Waals surface area contributed by atoms with E-state index in [0.717, 1.165) is 22.2 Å². The summed E-state index contributed by atoms with van der Waals surface area (Å²) in [6.45, 7) is 0.562. The fourth-order valence-electron chi connectivity index (χ4n) is 2.14. The Morgan fingerprint density at radius 1 is 1.25 bits per heavy atom. The van der Waals surface area contributed by atoms with Gasteiger partial charge in [0.15, 0.2) is 0 Å². The Morgan fingerprint density at radius 3 is 3.00 bits per heavy atom. The molecule has 0 saturated heterocycles. The first-order chi connectivity index (χ1) is 9.76. The van der Waals surface area contributed by atoms with E-state index in [9.17, 15) is 4.79 Å². The van der Waals surface area contributed by atoms with Crippen LogP contribution in [0.25, 0.3) is 22.3 Å². The zero-order valence-electron chi connectivity index (χ0n) is 11.1. The Labute approximate surface area is 115 Å². The smallest absolute Gasteiger partial charge is 0.251 e. The lowest BCUT2D eigenvalue weighted by atomic mass is 10.1. The van der Waals surface area contributed by atoms with E-state index in [4.69, 9.17) is 0 Å². The van der Waals surface area contributed by atoms with Gasteiger partial charge >= 0.3 is 0 Å². The highest BCUT2D eigenvalue weighted by molar-refractivity contribution is 5.82. The summed E-state index contributed by atoms with van der Waals surface area (Å²) in [7, 11) is 1.82. The van der Waals surface area contributed by atoms with Gasteiger partial charge in [0.1, 0.15) is 5.82 Å². The number of benzene rings is 1. The molecular formula is C15H14N4O. The van der Waals surface area contributed by atoms with Crippen LogP contribution < -0.4 is 10.9 Å². The van der Waals surface area contributed by atoms with E-state index in [2.05, 4.69) is 20.3 Å². The van der Waals surface area contributed by atoms with Gasteiger partial charge in [-0.25, -0.2) is 4.98 Å². The molecule has 3 aromatic rings. The number of hydrogen-bond donors (Lipinski definition) is 2. The van der Waals surface area contributed by atoms with Crippen molar-refractivity contribution in [2.24, 2.45) is 0 Å². The first kappa shape index (κ1) is 12.5. The van der Waals surface area contributed by atoms with Crippen LogP contribution in [0, 0.1) is 0 Å². The Bertz CT molecular complexity index is 810. The lowest BCUT2D eigenvalue weighted by Gasteiger charge is -2.05. The number of nitrogens with one attached hydrogen (secondary N) is 2. The third kappa shape index (κ3) is 2.44. The number of aromatic amines is 1. The van der Waals surface area contributed by atoms with E-state index >= 15 is 0 Å². The van der Waals surface area contributed by atoms with Crippen molar-refractivity contribution in [3.8, 4) is 11.4 Å². The average Bonchev–Trinajstić information content (AvgIpc) is 2.46. The van der Waals surface area contributed by atoms with Crippen molar-refractivity contribution >= 4 is 10.9 Å². The third-order valence-corrected chi connectivity index (χ3v) is 3.03. The summed E-state index contributed by atoms with van der Waals surface area (Å²) in [5, 5.41) is 4.01. The molecule has 3 rings (SSSR count). The molecule has 0 fully saturated rings. The van der Waals surface area contributed by atoms with Crippen LogP contribution >= 0.6 is 0 Å². The Hall–Kier alpha value is -2.53. The monoisotopic (exact) mass is 266 g/mol. The summed E-state index contributed by atoms with van der Waals surface area (Å²) in [4.78, 5) is 23.2. The van der Waals surface area contributed by atoms with E-state index in [1.165, 1.54) is 6.07 Å². The molecule has 5 nitrogen and oxygen atoms in total. The zero-order chi connectivity index (χ0) is 13.9. The van der Waals surface area contributed by atoms with E-state index in [1.54, 1.807) is 6.20 Å². The predicted octanol–water partition coefficient (Wildman–Crippen LogP) is 1.70. The second-order valence-electron chi connectivity index (χ2n) is 4.53. The molecule has 100 valence electrons. The van der Waals surface area contributed by atoms with Gasteiger partial charge in [0.2, 0.25) is 0 Å². The number of H-pyrrole nitrogens is 1. The molecule has 0 radical (unpaired) electrons. The molecule has 0 atom stereocenters. The van der Waals surface area contributed by atoms with E-state index in [-0.39, 0.29) is 5.56 Å². The topological polar surface area (TPSA) is 70.7 Å². The van der Waals surface area contributed by atoms with Gasteiger partial charge in [0, 0.05) is 29.8 Å². The maximum absolute atomic E-state index is 11.7. The molecule has 0 aliphatic carbocycles. The van der Waals surface area contributed by atoms with Crippen molar-refractivity contribution in [1.82, 2.24) is 20.3 Å². The van der Waals surface area contributed by atoms with Crippen molar-refractivity contribution in [2.75, 3.05) is 7.05 Å². The van der Waals surface area contributed by atoms with Crippen LogP contribution in [0.2, 0.25) is 0 Å². The van der Waals surface area contributed by atoms with Gasteiger partial charge in [-0.2, -0.15) is 0 Å². The van der Waals surface area contributed by atoms with Crippen LogP contribution in [0.4, 0.5) is 0 Å². The number of fused-ring (bicyclic) bond motifs is 1. The highest BCUT2D eigenvalue weighted by Gasteiger charge is 2.05. The molecular weight excluding hydrogens is 252 g/mol. The quantitative estimate of drug-likeness (QED) is 0.757. The van der Waals surface area contributed by atoms with Gasteiger partial charge < -0.3 is 10.3 Å². The Kier molecular flexibility index (Phi) is 3.26. The fourth-order valence-corrected chi connectivity index (χ4v) is 2.14. The normalized spacial score (nSPS) is 10.8. The summed E-state index contributed by atoms with van der Waals surface area (Å²) >= 11 is 0. The standard InChI is InChI=1S/C15H14N4O/c1-16-9-12-8-14(20)19-15(18-12)11-4-5-13-10(7-11)3-2-6-17-13/h2-8,16H,9H2,1H3,(H,18,19,20). The molecule has 2 aromatic heterocycles. The molecule has 0 unspecified atom stereocenters. The van der Waals surface area contributed by atoms with Crippen molar-refractivity contribution < 1.29 is 0 Å². The van der Waals surface area contributed by atoms with Crippen LogP contribution in [0.3, 0.4) is 0 Å². The lowest BCUT2D eigenvalue weighted by Crippen LogP contribution is -2.14. The molecule has 0 saturated carbocycles. The molecule has 5 heteroatoms. The highest BCUT2D eigenvalue weighted by Crippen LogP contribution is 2.19. The SMILES string of the molecule is CNCc1cc(=O)[nH]c(-c2ccc3ncccc3c2)n1. The Balaban J connectivity index is 2.12. The second kappa shape index (κ2) is 5.22. The van der Waals surface area contributed by atoms with Crippen LogP contribution in [0.5, 0.6) is 0 Å². The molecule has 0 bridgehead atoms. The molecule has 0 aliphatic rings. The largest absolute Gasteiger partial charge is 0.314 e. The van der Waals surface area contributed by atoms with E-state index < -0.39 is 0 Å². The number of rotatable bonds is 3. The van der Waals surface area contributed by atoms with Gasteiger partial charge in [-0.1, -0.05) is 6.07 Å². The average molecular weight is 266 g/mol. The predicted molar refractivity (Wildman–Crippen MR) is 78.4 cm³/mol. The summed E-state index contributed by atoms with van der Waals surface area (Å²) < 4.78 is 0. The summed E-state index contributed by atoms with van der Waals surface area (Å²) in [6, 6.07) is 11.2. The summed E-state index contributed by atoms with van der Waals surface area (Å²) in [5.74, 6) is 0.577. The zero-order valence-corrected chi connectivity index (χ0v) is 11.1. The van der Waals surface area contributed by atoms with Gasteiger partial charge in [-0.05, 0) is 31.3 Å². The van der Waals surface area contributed by atoms with Crippen molar-refractivity contribution in [2.45, 2.75) is 6.54 Å². The number of pyridine rings is 1. The van der Waals surface area contributed by atoms with Gasteiger partial charge in [0.25, 0.3) is 5.56 Å². The van der Waals surface area contributed by atoms with Crippen molar-refractivity contribution in [3.63, 3.8) is 0 Å². The van der Waals surface area contributed by atoms with Crippen molar-refractivity contribution in [3.05, 3.63) is 58.6 Å². The van der Waals surface area contributed by atoms with Crippen LogP contribution in [0.15, 0.2) is 47.4 Å². The second-order valence-corrected chi connectivity index (χ2v) is 4.53. The minimum absolute atomic E-state index is 0.147. The maximum Gasteiger partial charge on any atom is 0.251 e. The van der Waals surface area contributed by atoms with Crippen molar-refractivity contribution in [1.29, 1.82) is 0 Å². The molecule has 0 aliphatic heterocycles. The third-order valence-electron chi connectivity index (χ3n) is 3.03. The van der Waals surface area contributed by atoms with Gasteiger partial charge in [-0.15, -0.1) is 0 Å². The first-order valence-corrected chi connectivity index (χ1v) is 6.36.